The predicted molar refractivity (Wildman–Crippen MR) is 152 cm³/mol. The molecule has 1 aromatic heterocycles. The maximum absolute atomic E-state index is 6.57. The van der Waals surface area contributed by atoms with E-state index in [4.69, 9.17) is 26.6 Å². The van der Waals surface area contributed by atoms with Crippen LogP contribution in [0.3, 0.4) is 0 Å². The van der Waals surface area contributed by atoms with Gasteiger partial charge in [0.25, 0.3) is 0 Å². The van der Waals surface area contributed by atoms with Crippen LogP contribution in [-0.2, 0) is 0 Å². The van der Waals surface area contributed by atoms with Gasteiger partial charge >= 0.3 is 0 Å². The van der Waals surface area contributed by atoms with Crippen LogP contribution in [0, 0.1) is 0 Å². The Balaban J connectivity index is 1.50. The van der Waals surface area contributed by atoms with E-state index in [1.807, 2.05) is 103 Å². The molecular formula is C33H22ClN3. The van der Waals surface area contributed by atoms with Crippen molar-refractivity contribution in [3.05, 3.63) is 138 Å². The van der Waals surface area contributed by atoms with Crippen LogP contribution in [0.4, 0.5) is 0 Å². The summed E-state index contributed by atoms with van der Waals surface area (Å²) in [5, 5.41) is 0.726. The SMILES string of the molecule is Clc1ccccc1-c1ccccc1-c1cccc(-c2nc(-c3ccccc3)nc(-c3ccccc3)n2)c1. The van der Waals surface area contributed by atoms with Crippen molar-refractivity contribution in [3.63, 3.8) is 0 Å². The molecule has 0 aliphatic heterocycles. The zero-order valence-electron chi connectivity index (χ0n) is 19.9. The topological polar surface area (TPSA) is 38.7 Å². The lowest BCUT2D eigenvalue weighted by Crippen LogP contribution is -2.00. The number of aromatic nitrogens is 3. The zero-order valence-corrected chi connectivity index (χ0v) is 20.7. The zero-order chi connectivity index (χ0) is 25.0. The minimum atomic E-state index is 0.629. The lowest BCUT2D eigenvalue weighted by molar-refractivity contribution is 1.07. The van der Waals surface area contributed by atoms with Gasteiger partial charge in [-0.1, -0.05) is 133 Å². The summed E-state index contributed by atoms with van der Waals surface area (Å²) in [7, 11) is 0. The van der Waals surface area contributed by atoms with Crippen LogP contribution in [0.15, 0.2) is 133 Å². The summed E-state index contributed by atoms with van der Waals surface area (Å²) in [4.78, 5) is 14.6. The van der Waals surface area contributed by atoms with Gasteiger partial charge in [-0.2, -0.15) is 0 Å². The molecule has 5 aromatic carbocycles. The molecule has 4 heteroatoms. The average molecular weight is 496 g/mol. The Bertz CT molecular complexity index is 1620. The summed E-state index contributed by atoms with van der Waals surface area (Å²) < 4.78 is 0. The van der Waals surface area contributed by atoms with Crippen LogP contribution in [0.2, 0.25) is 5.02 Å². The van der Waals surface area contributed by atoms with Gasteiger partial charge < -0.3 is 0 Å². The second kappa shape index (κ2) is 10.2. The van der Waals surface area contributed by atoms with Crippen molar-refractivity contribution in [2.45, 2.75) is 0 Å². The van der Waals surface area contributed by atoms with E-state index in [1.165, 1.54) is 0 Å². The first-order valence-electron chi connectivity index (χ1n) is 12.1. The largest absolute Gasteiger partial charge is 0.208 e. The highest BCUT2D eigenvalue weighted by Crippen LogP contribution is 2.37. The average Bonchev–Trinajstić information content (AvgIpc) is 2.98. The van der Waals surface area contributed by atoms with Gasteiger partial charge in [-0.05, 0) is 28.8 Å². The second-order valence-corrected chi connectivity index (χ2v) is 9.05. The molecule has 0 radical (unpaired) electrons. The van der Waals surface area contributed by atoms with E-state index in [2.05, 4.69) is 30.3 Å². The minimum Gasteiger partial charge on any atom is -0.208 e. The fourth-order valence-corrected chi connectivity index (χ4v) is 4.65. The molecule has 6 rings (SSSR count). The van der Waals surface area contributed by atoms with E-state index in [0.29, 0.717) is 17.5 Å². The molecule has 0 fully saturated rings. The molecule has 3 nitrogen and oxygen atoms in total. The summed E-state index contributed by atoms with van der Waals surface area (Å²) in [6.07, 6.45) is 0. The molecule has 0 saturated heterocycles. The van der Waals surface area contributed by atoms with E-state index in [1.54, 1.807) is 0 Å². The maximum Gasteiger partial charge on any atom is 0.164 e. The Morgan fingerprint density at radius 3 is 1.38 bits per heavy atom. The molecular weight excluding hydrogens is 474 g/mol. The first-order chi connectivity index (χ1) is 18.3. The highest BCUT2D eigenvalue weighted by atomic mass is 35.5. The molecule has 0 aliphatic carbocycles. The third kappa shape index (κ3) is 4.77. The Labute approximate surface area is 221 Å². The van der Waals surface area contributed by atoms with Gasteiger partial charge in [0.05, 0.1) is 0 Å². The van der Waals surface area contributed by atoms with Gasteiger partial charge in [-0.3, -0.25) is 0 Å². The molecule has 0 amide bonds. The van der Waals surface area contributed by atoms with Crippen LogP contribution in [0.25, 0.3) is 56.4 Å². The Morgan fingerprint density at radius 2 is 0.784 bits per heavy atom. The van der Waals surface area contributed by atoms with Crippen molar-refractivity contribution >= 4 is 11.6 Å². The third-order valence-corrected chi connectivity index (χ3v) is 6.55. The fraction of sp³-hybridized carbons (Fsp3) is 0. The summed E-state index contributed by atoms with van der Waals surface area (Å²) in [5.74, 6) is 1.92. The summed E-state index contributed by atoms with van der Waals surface area (Å²) in [5.41, 5.74) is 7.06. The second-order valence-electron chi connectivity index (χ2n) is 8.64. The minimum absolute atomic E-state index is 0.629. The number of rotatable bonds is 5. The standard InChI is InChI=1S/C33H22ClN3/c34-30-21-10-9-20-29(30)28-19-8-7-18-27(28)25-16-11-17-26(22-25)33-36-31(23-12-3-1-4-13-23)35-32(37-33)24-14-5-2-6-15-24/h1-22H. The Hall–Kier alpha value is -4.60. The van der Waals surface area contributed by atoms with Gasteiger partial charge in [0.2, 0.25) is 0 Å². The first-order valence-corrected chi connectivity index (χ1v) is 12.5. The highest BCUT2D eigenvalue weighted by molar-refractivity contribution is 6.33. The molecule has 0 bridgehead atoms. The molecule has 37 heavy (non-hydrogen) atoms. The van der Waals surface area contributed by atoms with Crippen molar-refractivity contribution in [2.75, 3.05) is 0 Å². The van der Waals surface area contributed by atoms with Crippen LogP contribution in [-0.4, -0.2) is 15.0 Å². The van der Waals surface area contributed by atoms with E-state index >= 15 is 0 Å². The monoisotopic (exact) mass is 495 g/mol. The van der Waals surface area contributed by atoms with Gasteiger partial charge in [0, 0.05) is 27.3 Å². The quantitative estimate of drug-likeness (QED) is 0.240. The van der Waals surface area contributed by atoms with Crippen molar-refractivity contribution in [1.29, 1.82) is 0 Å². The molecule has 0 atom stereocenters. The summed E-state index contributed by atoms with van der Waals surface area (Å²) in [6.45, 7) is 0. The molecule has 0 N–H and O–H groups in total. The lowest BCUT2D eigenvalue weighted by atomic mass is 9.93. The van der Waals surface area contributed by atoms with Crippen molar-refractivity contribution in [1.82, 2.24) is 15.0 Å². The van der Waals surface area contributed by atoms with Gasteiger partial charge in [0.1, 0.15) is 0 Å². The predicted octanol–water partition coefficient (Wildman–Crippen LogP) is 8.86. The number of halogens is 1. The maximum atomic E-state index is 6.57. The van der Waals surface area contributed by atoms with E-state index < -0.39 is 0 Å². The van der Waals surface area contributed by atoms with Gasteiger partial charge in [0.15, 0.2) is 17.5 Å². The van der Waals surface area contributed by atoms with Gasteiger partial charge in [-0.15, -0.1) is 0 Å². The Kier molecular flexibility index (Phi) is 6.28. The number of benzene rings is 5. The number of nitrogens with zero attached hydrogens (tertiary/aromatic N) is 3. The van der Waals surface area contributed by atoms with E-state index in [-0.39, 0.29) is 0 Å². The van der Waals surface area contributed by atoms with Crippen molar-refractivity contribution in [2.24, 2.45) is 0 Å². The van der Waals surface area contributed by atoms with E-state index in [9.17, 15) is 0 Å². The highest BCUT2D eigenvalue weighted by Gasteiger charge is 2.14. The fourth-order valence-electron chi connectivity index (χ4n) is 4.41. The smallest absolute Gasteiger partial charge is 0.164 e. The summed E-state index contributed by atoms with van der Waals surface area (Å²) in [6, 6.07) is 44.6. The number of hydrogen-bond acceptors (Lipinski definition) is 3. The summed E-state index contributed by atoms with van der Waals surface area (Å²) >= 11 is 6.57. The van der Waals surface area contributed by atoms with Crippen LogP contribution >= 0.6 is 11.6 Å². The third-order valence-electron chi connectivity index (χ3n) is 6.22. The first kappa shape index (κ1) is 22.8. The lowest BCUT2D eigenvalue weighted by Gasteiger charge is -2.13. The normalized spacial score (nSPS) is 10.8. The molecule has 1 heterocycles. The molecule has 0 saturated carbocycles. The van der Waals surface area contributed by atoms with Crippen molar-refractivity contribution < 1.29 is 0 Å². The molecule has 0 aliphatic rings. The van der Waals surface area contributed by atoms with Crippen molar-refractivity contribution in [3.8, 4) is 56.4 Å². The molecule has 6 aromatic rings. The van der Waals surface area contributed by atoms with Crippen LogP contribution < -0.4 is 0 Å². The number of hydrogen-bond donors (Lipinski definition) is 0. The van der Waals surface area contributed by atoms with Crippen LogP contribution in [0.5, 0.6) is 0 Å². The van der Waals surface area contributed by atoms with Crippen LogP contribution in [0.1, 0.15) is 0 Å². The Morgan fingerprint density at radius 1 is 0.351 bits per heavy atom. The van der Waals surface area contributed by atoms with Gasteiger partial charge in [-0.25, -0.2) is 15.0 Å². The molecule has 0 unspecified atom stereocenters. The molecule has 0 spiro atoms. The van der Waals surface area contributed by atoms with E-state index in [0.717, 1.165) is 44.0 Å². The molecule has 176 valence electrons.